The molecule has 4 rings (SSSR count). The first-order valence-corrected chi connectivity index (χ1v) is 11.0. The molecule has 0 saturated heterocycles. The van der Waals surface area contributed by atoms with E-state index in [-0.39, 0.29) is 30.0 Å². The molecule has 1 N–H and O–H groups in total. The Morgan fingerprint density at radius 3 is 2.66 bits per heavy atom. The van der Waals surface area contributed by atoms with E-state index >= 15 is 0 Å². The molecule has 0 aliphatic carbocycles. The summed E-state index contributed by atoms with van der Waals surface area (Å²) in [6, 6.07) is 10.5. The van der Waals surface area contributed by atoms with Gasteiger partial charge in [0.25, 0.3) is 5.56 Å². The Kier molecular flexibility index (Phi) is 6.14. The Bertz CT molecular complexity index is 1350. The van der Waals surface area contributed by atoms with Gasteiger partial charge in [-0.3, -0.25) is 14.2 Å². The van der Waals surface area contributed by atoms with Gasteiger partial charge in [-0.15, -0.1) is 11.3 Å². The second kappa shape index (κ2) is 9.00. The number of rotatable bonds is 6. The van der Waals surface area contributed by atoms with E-state index in [1.54, 1.807) is 6.92 Å². The number of nitrogens with one attached hydrogen (secondary N) is 1. The number of hydrogen-bond acceptors (Lipinski definition) is 4. The Morgan fingerprint density at radius 2 is 1.94 bits per heavy atom. The first-order chi connectivity index (χ1) is 15.3. The summed E-state index contributed by atoms with van der Waals surface area (Å²) < 4.78 is 28.4. The number of amides is 1. The van der Waals surface area contributed by atoms with Crippen molar-refractivity contribution in [2.45, 2.75) is 32.9 Å². The summed E-state index contributed by atoms with van der Waals surface area (Å²) in [7, 11) is 0. The SMILES string of the molecule is Cc1ccc(-c2csc3ncn(CCC(=O)N[C@H](C)c4ccc(F)cc4F)c(=O)c23)cc1. The van der Waals surface area contributed by atoms with Crippen molar-refractivity contribution in [1.82, 2.24) is 14.9 Å². The number of halogens is 2. The summed E-state index contributed by atoms with van der Waals surface area (Å²) in [5, 5.41) is 5.13. The molecule has 2 aromatic heterocycles. The number of carbonyl (C=O) groups is 1. The van der Waals surface area contributed by atoms with Crippen molar-refractivity contribution in [2.24, 2.45) is 0 Å². The number of nitrogens with zero attached hydrogens (tertiary/aromatic N) is 2. The normalized spacial score (nSPS) is 12.1. The molecule has 1 amide bonds. The fraction of sp³-hybridized carbons (Fsp3) is 0.208. The van der Waals surface area contributed by atoms with Crippen LogP contribution in [0.1, 0.15) is 30.5 Å². The Balaban J connectivity index is 1.50. The third-order valence-electron chi connectivity index (χ3n) is 5.31. The standard InChI is InChI=1S/C24H21F2N3O2S/c1-14-3-5-16(6-4-14)19-12-32-23-22(19)24(31)29(13-27-23)10-9-21(30)28-15(2)18-8-7-17(25)11-20(18)26/h3-8,11-13,15H,9-10H2,1-2H3,(H,28,30)/t15-/m1/s1. The first-order valence-electron chi connectivity index (χ1n) is 10.1. The fourth-order valence-electron chi connectivity index (χ4n) is 3.54. The van der Waals surface area contributed by atoms with Gasteiger partial charge in [-0.2, -0.15) is 0 Å². The maximum Gasteiger partial charge on any atom is 0.262 e. The molecule has 0 saturated carbocycles. The van der Waals surface area contributed by atoms with Gasteiger partial charge < -0.3 is 5.32 Å². The highest BCUT2D eigenvalue weighted by Crippen LogP contribution is 2.30. The van der Waals surface area contributed by atoms with Gasteiger partial charge >= 0.3 is 0 Å². The number of benzene rings is 2. The van der Waals surface area contributed by atoms with E-state index in [1.165, 1.54) is 28.3 Å². The van der Waals surface area contributed by atoms with Gasteiger partial charge in [-0.25, -0.2) is 13.8 Å². The van der Waals surface area contributed by atoms with Crippen LogP contribution in [0, 0.1) is 18.6 Å². The van der Waals surface area contributed by atoms with E-state index in [0.717, 1.165) is 28.8 Å². The van der Waals surface area contributed by atoms with Crippen molar-refractivity contribution >= 4 is 27.5 Å². The Hall–Kier alpha value is -3.39. The van der Waals surface area contributed by atoms with E-state index in [1.807, 2.05) is 36.6 Å². The summed E-state index contributed by atoms with van der Waals surface area (Å²) in [4.78, 5) is 30.5. The van der Waals surface area contributed by atoms with Crippen LogP contribution in [0.3, 0.4) is 0 Å². The summed E-state index contributed by atoms with van der Waals surface area (Å²) in [6.45, 7) is 3.75. The lowest BCUT2D eigenvalue weighted by molar-refractivity contribution is -0.122. The molecule has 0 bridgehead atoms. The summed E-state index contributed by atoms with van der Waals surface area (Å²) in [5.74, 6) is -1.74. The maximum atomic E-state index is 13.9. The van der Waals surface area contributed by atoms with Gasteiger partial charge in [0.2, 0.25) is 5.91 Å². The van der Waals surface area contributed by atoms with E-state index in [4.69, 9.17) is 0 Å². The zero-order chi connectivity index (χ0) is 22.8. The zero-order valence-electron chi connectivity index (χ0n) is 17.6. The Labute approximate surface area is 187 Å². The van der Waals surface area contributed by atoms with E-state index in [0.29, 0.717) is 10.2 Å². The minimum atomic E-state index is -0.718. The number of aryl methyl sites for hydroxylation is 2. The molecular weight excluding hydrogens is 432 g/mol. The van der Waals surface area contributed by atoms with Crippen LogP contribution >= 0.6 is 11.3 Å². The smallest absolute Gasteiger partial charge is 0.262 e. The molecule has 2 aromatic carbocycles. The van der Waals surface area contributed by atoms with Crippen molar-refractivity contribution < 1.29 is 13.6 Å². The van der Waals surface area contributed by atoms with Crippen molar-refractivity contribution in [2.75, 3.05) is 0 Å². The number of carbonyl (C=O) groups excluding carboxylic acids is 1. The van der Waals surface area contributed by atoms with Crippen molar-refractivity contribution in [3.05, 3.63) is 87.3 Å². The highest BCUT2D eigenvalue weighted by Gasteiger charge is 2.16. The summed E-state index contributed by atoms with van der Waals surface area (Å²) in [5.41, 5.74) is 2.87. The van der Waals surface area contributed by atoms with E-state index < -0.39 is 17.7 Å². The van der Waals surface area contributed by atoms with Crippen molar-refractivity contribution in [3.8, 4) is 11.1 Å². The third-order valence-corrected chi connectivity index (χ3v) is 6.20. The van der Waals surface area contributed by atoms with Crippen molar-refractivity contribution in [1.29, 1.82) is 0 Å². The van der Waals surface area contributed by atoms with Crippen LogP contribution in [-0.2, 0) is 11.3 Å². The van der Waals surface area contributed by atoms with Crippen LogP contribution in [-0.4, -0.2) is 15.5 Å². The fourth-order valence-corrected chi connectivity index (χ4v) is 4.45. The minimum absolute atomic E-state index is 0.0181. The molecule has 32 heavy (non-hydrogen) atoms. The second-order valence-electron chi connectivity index (χ2n) is 7.64. The second-order valence-corrected chi connectivity index (χ2v) is 8.50. The number of hydrogen-bond donors (Lipinski definition) is 1. The predicted molar refractivity (Wildman–Crippen MR) is 122 cm³/mol. The quantitative estimate of drug-likeness (QED) is 0.448. The summed E-state index contributed by atoms with van der Waals surface area (Å²) >= 11 is 1.40. The topological polar surface area (TPSA) is 64.0 Å². The third kappa shape index (κ3) is 4.45. The maximum absolute atomic E-state index is 13.9. The summed E-state index contributed by atoms with van der Waals surface area (Å²) in [6.07, 6.45) is 1.46. The first kappa shape index (κ1) is 21.8. The van der Waals surface area contributed by atoms with Crippen LogP contribution in [0.4, 0.5) is 8.78 Å². The molecular formula is C24H21F2N3O2S. The highest BCUT2D eigenvalue weighted by atomic mass is 32.1. The molecule has 5 nitrogen and oxygen atoms in total. The van der Waals surface area contributed by atoms with Crippen LogP contribution in [0.25, 0.3) is 21.3 Å². The lowest BCUT2D eigenvalue weighted by Gasteiger charge is -2.15. The largest absolute Gasteiger partial charge is 0.349 e. The molecule has 0 radical (unpaired) electrons. The zero-order valence-corrected chi connectivity index (χ0v) is 18.4. The molecule has 164 valence electrons. The average molecular weight is 454 g/mol. The molecule has 0 aliphatic heterocycles. The molecule has 2 heterocycles. The monoisotopic (exact) mass is 453 g/mol. The molecule has 0 aliphatic rings. The van der Waals surface area contributed by atoms with Gasteiger partial charge in [-0.1, -0.05) is 35.9 Å². The van der Waals surface area contributed by atoms with Gasteiger partial charge in [0.05, 0.1) is 17.8 Å². The molecule has 0 unspecified atom stereocenters. The highest BCUT2D eigenvalue weighted by molar-refractivity contribution is 7.17. The number of thiophene rings is 1. The van der Waals surface area contributed by atoms with Crippen LogP contribution in [0.2, 0.25) is 0 Å². The molecule has 8 heteroatoms. The van der Waals surface area contributed by atoms with Gasteiger partial charge in [0, 0.05) is 35.5 Å². The number of aromatic nitrogens is 2. The molecule has 0 spiro atoms. The predicted octanol–water partition coefficient (Wildman–Crippen LogP) is 4.98. The van der Waals surface area contributed by atoms with Gasteiger partial charge in [-0.05, 0) is 25.5 Å². The van der Waals surface area contributed by atoms with Gasteiger partial charge in [0.1, 0.15) is 16.5 Å². The molecule has 0 fully saturated rings. The van der Waals surface area contributed by atoms with E-state index in [2.05, 4.69) is 10.3 Å². The minimum Gasteiger partial charge on any atom is -0.349 e. The average Bonchev–Trinajstić information content (AvgIpc) is 3.18. The lowest BCUT2D eigenvalue weighted by Crippen LogP contribution is -2.30. The molecule has 1 atom stereocenters. The van der Waals surface area contributed by atoms with Crippen LogP contribution in [0.15, 0.2) is 59.0 Å². The van der Waals surface area contributed by atoms with Crippen LogP contribution < -0.4 is 10.9 Å². The van der Waals surface area contributed by atoms with Gasteiger partial charge in [0.15, 0.2) is 0 Å². The Morgan fingerprint density at radius 1 is 1.19 bits per heavy atom. The van der Waals surface area contributed by atoms with Crippen LogP contribution in [0.5, 0.6) is 0 Å². The molecule has 4 aromatic rings. The number of fused-ring (bicyclic) bond motifs is 1. The lowest BCUT2D eigenvalue weighted by atomic mass is 10.1. The van der Waals surface area contributed by atoms with E-state index in [9.17, 15) is 18.4 Å². The van der Waals surface area contributed by atoms with Crippen molar-refractivity contribution in [3.63, 3.8) is 0 Å².